The summed E-state index contributed by atoms with van der Waals surface area (Å²) in [5, 5.41) is 50.1. The van der Waals surface area contributed by atoms with Gasteiger partial charge in [0.15, 0.2) is 6.10 Å². The molecule has 1 aliphatic carbocycles. The summed E-state index contributed by atoms with van der Waals surface area (Å²) in [4.78, 5) is 35.7. The number of allylic oxidation sites excluding steroid dienone is 4. The average molecular weight is 877 g/mol. The fourth-order valence-electron chi connectivity index (χ4n) is 7.16. The van der Waals surface area contributed by atoms with E-state index < -0.39 is 75.7 Å². The topological polar surface area (TPSA) is 210 Å². The van der Waals surface area contributed by atoms with E-state index in [2.05, 4.69) is 38.2 Å². The van der Waals surface area contributed by atoms with Crippen molar-refractivity contribution in [1.29, 1.82) is 0 Å². The lowest BCUT2D eigenvalue weighted by atomic mass is 9.85. The molecular formula is C46H85O13P. The summed E-state index contributed by atoms with van der Waals surface area (Å²) in [6, 6.07) is 0. The molecule has 1 saturated carbocycles. The lowest BCUT2D eigenvalue weighted by molar-refractivity contribution is -0.220. The van der Waals surface area contributed by atoms with E-state index in [1.165, 1.54) is 89.9 Å². The van der Waals surface area contributed by atoms with Crippen LogP contribution >= 0.6 is 7.82 Å². The van der Waals surface area contributed by atoms with Crippen LogP contribution in [0.25, 0.3) is 0 Å². The molecule has 60 heavy (non-hydrogen) atoms. The summed E-state index contributed by atoms with van der Waals surface area (Å²) in [7, 11) is -5.12. The summed E-state index contributed by atoms with van der Waals surface area (Å²) in [6.45, 7) is 3.28. The molecule has 0 saturated heterocycles. The summed E-state index contributed by atoms with van der Waals surface area (Å²) >= 11 is 0. The minimum absolute atomic E-state index is 0.0918. The van der Waals surface area contributed by atoms with Crippen LogP contribution < -0.4 is 0 Å². The number of unbranched alkanes of at least 4 members (excludes halogenated alkanes) is 23. The van der Waals surface area contributed by atoms with Crippen molar-refractivity contribution in [3.8, 4) is 0 Å². The number of phosphoric ester groups is 1. The molecule has 1 fully saturated rings. The highest BCUT2D eigenvalue weighted by Gasteiger charge is 2.51. The van der Waals surface area contributed by atoms with Crippen LogP contribution in [-0.4, -0.2) is 98.3 Å². The third-order valence-electron chi connectivity index (χ3n) is 11.0. The molecular weight excluding hydrogens is 791 g/mol. The molecule has 0 aromatic heterocycles. The summed E-state index contributed by atoms with van der Waals surface area (Å²) < 4.78 is 33.5. The van der Waals surface area contributed by atoms with Crippen LogP contribution in [0, 0.1) is 0 Å². The van der Waals surface area contributed by atoms with Gasteiger partial charge in [-0.25, -0.2) is 4.57 Å². The van der Waals surface area contributed by atoms with E-state index in [9.17, 15) is 44.6 Å². The second kappa shape index (κ2) is 36.8. The Morgan fingerprint density at radius 2 is 0.850 bits per heavy atom. The largest absolute Gasteiger partial charge is 0.472 e. The zero-order chi connectivity index (χ0) is 44.3. The lowest BCUT2D eigenvalue weighted by Gasteiger charge is -2.41. The Morgan fingerprint density at radius 1 is 0.500 bits per heavy atom. The predicted molar refractivity (Wildman–Crippen MR) is 235 cm³/mol. The number of aliphatic hydroxyl groups excluding tert-OH is 5. The van der Waals surface area contributed by atoms with Gasteiger partial charge in [-0.2, -0.15) is 0 Å². The van der Waals surface area contributed by atoms with Crippen LogP contribution in [0.3, 0.4) is 0 Å². The molecule has 0 heterocycles. The van der Waals surface area contributed by atoms with Gasteiger partial charge >= 0.3 is 19.8 Å². The molecule has 14 heteroatoms. The van der Waals surface area contributed by atoms with Crippen molar-refractivity contribution in [2.75, 3.05) is 13.2 Å². The first kappa shape index (κ1) is 56.3. The minimum atomic E-state index is -5.12. The van der Waals surface area contributed by atoms with Crippen LogP contribution in [0.2, 0.25) is 0 Å². The summed E-state index contributed by atoms with van der Waals surface area (Å²) in [5.74, 6) is -1.11. The Balaban J connectivity index is 2.45. The average Bonchev–Trinajstić information content (AvgIpc) is 3.23. The van der Waals surface area contributed by atoms with Gasteiger partial charge in [0.1, 0.15) is 43.2 Å². The Morgan fingerprint density at radius 3 is 1.27 bits per heavy atom. The van der Waals surface area contributed by atoms with Gasteiger partial charge in [-0.15, -0.1) is 0 Å². The van der Waals surface area contributed by atoms with Crippen molar-refractivity contribution in [3.05, 3.63) is 24.3 Å². The number of rotatable bonds is 39. The van der Waals surface area contributed by atoms with Gasteiger partial charge in [-0.3, -0.25) is 18.6 Å². The van der Waals surface area contributed by atoms with Gasteiger partial charge in [0.25, 0.3) is 0 Å². The van der Waals surface area contributed by atoms with E-state index >= 15 is 0 Å². The zero-order valence-corrected chi connectivity index (χ0v) is 38.2. The number of hydrogen-bond donors (Lipinski definition) is 6. The highest BCUT2D eigenvalue weighted by molar-refractivity contribution is 7.47. The summed E-state index contributed by atoms with van der Waals surface area (Å²) in [5.41, 5.74) is 0. The summed E-state index contributed by atoms with van der Waals surface area (Å²) in [6.07, 6.45) is 26.6. The highest BCUT2D eigenvalue weighted by Crippen LogP contribution is 2.47. The SMILES string of the molecule is CCCCCCC/C=C\CCCCCCCC(=O)OC[C@H](COP(=O)(O)OC1C(O)C(O)C(O)[C@@H](O)C1O)OC(=O)CCCCCCCCC/C=C\CCCCCCCC. The van der Waals surface area contributed by atoms with E-state index in [1.54, 1.807) is 0 Å². The first-order valence-corrected chi connectivity index (χ1v) is 25.1. The van der Waals surface area contributed by atoms with Crippen molar-refractivity contribution in [2.45, 2.75) is 243 Å². The smallest absolute Gasteiger partial charge is 0.462 e. The van der Waals surface area contributed by atoms with Gasteiger partial charge in [0.05, 0.1) is 6.61 Å². The predicted octanol–water partition coefficient (Wildman–Crippen LogP) is 9.23. The van der Waals surface area contributed by atoms with Gasteiger partial charge in [-0.05, 0) is 64.2 Å². The molecule has 1 rings (SSSR count). The maximum Gasteiger partial charge on any atom is 0.472 e. The Labute approximate surface area is 362 Å². The highest BCUT2D eigenvalue weighted by atomic mass is 31.2. The lowest BCUT2D eigenvalue weighted by Crippen LogP contribution is -2.64. The van der Waals surface area contributed by atoms with Crippen LogP contribution in [0.15, 0.2) is 24.3 Å². The first-order valence-electron chi connectivity index (χ1n) is 23.6. The number of carbonyl (C=O) groups is 2. The first-order chi connectivity index (χ1) is 28.9. The maximum atomic E-state index is 12.8. The number of ether oxygens (including phenoxy) is 2. The fourth-order valence-corrected chi connectivity index (χ4v) is 8.13. The molecule has 352 valence electrons. The molecule has 0 spiro atoms. The van der Waals surface area contributed by atoms with Crippen LogP contribution in [0.4, 0.5) is 0 Å². The molecule has 0 amide bonds. The molecule has 13 nitrogen and oxygen atoms in total. The van der Waals surface area contributed by atoms with E-state index in [1.807, 2.05) is 0 Å². The van der Waals surface area contributed by atoms with E-state index in [0.29, 0.717) is 12.8 Å². The minimum Gasteiger partial charge on any atom is -0.462 e. The number of aliphatic hydroxyl groups is 5. The zero-order valence-electron chi connectivity index (χ0n) is 37.3. The molecule has 0 aromatic rings. The normalized spacial score (nSPS) is 22.3. The Kier molecular flexibility index (Phi) is 34.5. The van der Waals surface area contributed by atoms with Crippen molar-refractivity contribution in [3.63, 3.8) is 0 Å². The van der Waals surface area contributed by atoms with Gasteiger partial charge in [0.2, 0.25) is 0 Å². The fraction of sp³-hybridized carbons (Fsp3) is 0.870. The Hall–Kier alpha value is -1.67. The molecule has 8 atom stereocenters. The van der Waals surface area contributed by atoms with E-state index in [0.717, 1.165) is 70.6 Å². The standard InChI is InChI=1S/C46H85O13P/c1-3-5-7-9-11-13-15-17-19-20-21-23-25-27-29-31-33-35-40(48)58-38(37-57-60(54,55)59-46-44(52)42(50)41(49)43(51)45(46)53)36-56-39(47)34-32-30-28-26-24-22-18-16-14-12-10-8-6-4-2/h16-19,38,41-46,49-53H,3-15,20-37H2,1-2H3,(H,54,55)/b18-16-,19-17-/t38-,41?,42-,43?,44?,45?,46?/m1/s1. The number of hydrogen-bond acceptors (Lipinski definition) is 12. The van der Waals surface area contributed by atoms with Crippen molar-refractivity contribution in [2.24, 2.45) is 0 Å². The third kappa shape index (κ3) is 28.8. The Bertz CT molecular complexity index is 1150. The van der Waals surface area contributed by atoms with Gasteiger partial charge in [-0.1, -0.05) is 147 Å². The monoisotopic (exact) mass is 877 g/mol. The number of esters is 2. The molecule has 6 unspecified atom stereocenters. The quantitative estimate of drug-likeness (QED) is 0.0147. The maximum absolute atomic E-state index is 12.8. The van der Waals surface area contributed by atoms with Crippen LogP contribution in [0.1, 0.15) is 200 Å². The molecule has 0 aromatic carbocycles. The van der Waals surface area contributed by atoms with E-state index in [-0.39, 0.29) is 12.8 Å². The molecule has 0 radical (unpaired) electrons. The molecule has 0 aliphatic heterocycles. The third-order valence-corrected chi connectivity index (χ3v) is 12.0. The molecule has 0 bridgehead atoms. The van der Waals surface area contributed by atoms with E-state index in [4.69, 9.17) is 18.5 Å². The second-order valence-corrected chi connectivity index (χ2v) is 18.0. The second-order valence-electron chi connectivity index (χ2n) is 16.6. The van der Waals surface area contributed by atoms with Gasteiger partial charge in [0, 0.05) is 12.8 Å². The van der Waals surface area contributed by atoms with Gasteiger partial charge < -0.3 is 39.9 Å². The van der Waals surface area contributed by atoms with Crippen LogP contribution in [-0.2, 0) is 32.7 Å². The van der Waals surface area contributed by atoms with Crippen molar-refractivity contribution in [1.82, 2.24) is 0 Å². The number of carbonyl (C=O) groups excluding carboxylic acids is 2. The molecule has 6 N–H and O–H groups in total. The molecule has 1 aliphatic rings. The number of phosphoric acid groups is 1. The van der Waals surface area contributed by atoms with Crippen molar-refractivity contribution >= 4 is 19.8 Å². The van der Waals surface area contributed by atoms with Crippen molar-refractivity contribution < 1.29 is 63.1 Å². The van der Waals surface area contributed by atoms with Crippen LogP contribution in [0.5, 0.6) is 0 Å².